The van der Waals surface area contributed by atoms with Crippen molar-refractivity contribution in [2.24, 2.45) is 0 Å². The van der Waals surface area contributed by atoms with Gasteiger partial charge in [-0.25, -0.2) is 17.6 Å². The van der Waals surface area contributed by atoms with Gasteiger partial charge in [0, 0.05) is 16.7 Å². The zero-order valence-electron chi connectivity index (χ0n) is 16.0. The maximum atomic E-state index is 14.7. The van der Waals surface area contributed by atoms with Crippen LogP contribution in [0.5, 0.6) is 5.75 Å². The highest BCUT2D eigenvalue weighted by molar-refractivity contribution is 5.72. The van der Waals surface area contributed by atoms with Crippen molar-refractivity contribution in [1.29, 1.82) is 0 Å². The van der Waals surface area contributed by atoms with Gasteiger partial charge in [-0.05, 0) is 35.4 Å². The lowest BCUT2D eigenvalue weighted by atomic mass is 9.98. The third kappa shape index (κ3) is 4.14. The first-order chi connectivity index (χ1) is 15.0. The van der Waals surface area contributed by atoms with Crippen LogP contribution in [-0.4, -0.2) is 0 Å². The van der Waals surface area contributed by atoms with E-state index in [1.54, 1.807) is 24.3 Å². The average molecular weight is 426 g/mol. The molecule has 0 aliphatic carbocycles. The van der Waals surface area contributed by atoms with Gasteiger partial charge in [0.2, 0.25) is 5.82 Å². The molecule has 4 aromatic rings. The highest BCUT2D eigenvalue weighted by Gasteiger charge is 2.19. The van der Waals surface area contributed by atoms with Crippen LogP contribution in [0.1, 0.15) is 5.56 Å². The molecule has 0 aromatic heterocycles. The maximum absolute atomic E-state index is 14.7. The van der Waals surface area contributed by atoms with E-state index in [0.717, 1.165) is 17.7 Å². The molecule has 0 spiro atoms. The van der Waals surface area contributed by atoms with E-state index in [9.17, 15) is 22.0 Å². The minimum atomic E-state index is -1.20. The van der Waals surface area contributed by atoms with Gasteiger partial charge in [0.05, 0.1) is 0 Å². The number of hydrogen-bond acceptors (Lipinski definition) is 1. The van der Waals surface area contributed by atoms with Crippen molar-refractivity contribution in [3.63, 3.8) is 0 Å². The van der Waals surface area contributed by atoms with Crippen LogP contribution in [0.3, 0.4) is 0 Å². The molecule has 0 atom stereocenters. The van der Waals surface area contributed by atoms with Crippen LogP contribution in [0.2, 0.25) is 0 Å². The number of benzene rings is 4. The summed E-state index contributed by atoms with van der Waals surface area (Å²) >= 11 is 0. The summed E-state index contributed by atoms with van der Waals surface area (Å²) in [6, 6.07) is 18.4. The minimum Gasteiger partial charge on any atom is -0.486 e. The molecule has 0 aliphatic heterocycles. The third-order valence-corrected chi connectivity index (χ3v) is 4.81. The fraction of sp³-hybridized carbons (Fsp3) is 0.0400. The van der Waals surface area contributed by atoms with Crippen LogP contribution in [0.4, 0.5) is 22.0 Å². The van der Waals surface area contributed by atoms with Gasteiger partial charge in [-0.1, -0.05) is 54.6 Å². The molecule has 0 saturated heterocycles. The Morgan fingerprint density at radius 1 is 0.548 bits per heavy atom. The summed E-state index contributed by atoms with van der Waals surface area (Å²) in [6.45, 7) is 0.0546. The van der Waals surface area contributed by atoms with Crippen LogP contribution in [0.25, 0.3) is 22.3 Å². The molecule has 0 heterocycles. The van der Waals surface area contributed by atoms with Crippen LogP contribution < -0.4 is 4.74 Å². The molecule has 0 N–H and O–H groups in total. The summed E-state index contributed by atoms with van der Waals surface area (Å²) in [5, 5.41) is 0. The molecule has 6 heteroatoms. The van der Waals surface area contributed by atoms with E-state index >= 15 is 0 Å². The predicted molar refractivity (Wildman–Crippen MR) is 108 cm³/mol. The average Bonchev–Trinajstić information content (AvgIpc) is 2.78. The van der Waals surface area contributed by atoms with Crippen LogP contribution in [0, 0.1) is 29.1 Å². The molecule has 4 aromatic carbocycles. The van der Waals surface area contributed by atoms with Crippen molar-refractivity contribution in [3.8, 4) is 28.0 Å². The van der Waals surface area contributed by atoms with Gasteiger partial charge in [-0.2, -0.15) is 4.39 Å². The van der Waals surface area contributed by atoms with Crippen molar-refractivity contribution >= 4 is 0 Å². The van der Waals surface area contributed by atoms with Gasteiger partial charge in [-0.3, -0.25) is 0 Å². The maximum Gasteiger partial charge on any atom is 0.201 e. The van der Waals surface area contributed by atoms with Crippen LogP contribution in [-0.2, 0) is 6.61 Å². The molecule has 1 nitrogen and oxygen atoms in total. The second-order valence-electron chi connectivity index (χ2n) is 6.81. The fourth-order valence-electron chi connectivity index (χ4n) is 3.21. The van der Waals surface area contributed by atoms with Gasteiger partial charge in [0.25, 0.3) is 0 Å². The monoisotopic (exact) mass is 426 g/mol. The van der Waals surface area contributed by atoms with E-state index in [1.807, 2.05) is 6.07 Å². The summed E-state index contributed by atoms with van der Waals surface area (Å²) in [5.74, 6) is -5.87. The van der Waals surface area contributed by atoms with Crippen molar-refractivity contribution in [3.05, 3.63) is 114 Å². The fourth-order valence-corrected chi connectivity index (χ4v) is 3.21. The highest BCUT2D eigenvalue weighted by atomic mass is 19.2. The lowest BCUT2D eigenvalue weighted by molar-refractivity contribution is 0.285. The second kappa shape index (κ2) is 8.60. The summed E-state index contributed by atoms with van der Waals surface area (Å²) in [4.78, 5) is 0. The van der Waals surface area contributed by atoms with E-state index in [2.05, 4.69) is 0 Å². The lowest BCUT2D eigenvalue weighted by Crippen LogP contribution is -2.00. The molecule has 0 unspecified atom stereocenters. The SMILES string of the molecule is Fc1cc(-c2ccc(OCc3ccccc3)c(F)c2F)ccc1-c1cccc(F)c1F. The standard InChI is InChI=1S/C25H15F5O/c26-20-8-4-7-19(23(20)28)18-10-9-16(13-21(18)27)17-11-12-22(25(30)24(17)29)31-14-15-5-2-1-3-6-15/h1-13H,14H2. The molecule has 31 heavy (non-hydrogen) atoms. The number of ether oxygens (including phenoxy) is 1. The zero-order chi connectivity index (χ0) is 22.0. The highest BCUT2D eigenvalue weighted by Crippen LogP contribution is 2.34. The molecule has 0 aliphatic rings. The third-order valence-electron chi connectivity index (χ3n) is 4.81. The Bertz CT molecular complexity index is 1240. The van der Waals surface area contributed by atoms with E-state index in [1.165, 1.54) is 36.4 Å². The number of rotatable bonds is 5. The van der Waals surface area contributed by atoms with Gasteiger partial charge >= 0.3 is 0 Å². The number of halogens is 5. The smallest absolute Gasteiger partial charge is 0.201 e. The Labute approximate surface area is 175 Å². The Hall–Kier alpha value is -3.67. The molecule has 0 saturated carbocycles. The predicted octanol–water partition coefficient (Wildman–Crippen LogP) is 7.30. The first kappa shape index (κ1) is 20.6. The Morgan fingerprint density at radius 3 is 2.03 bits per heavy atom. The van der Waals surface area contributed by atoms with Crippen molar-refractivity contribution in [2.45, 2.75) is 6.61 Å². The zero-order valence-corrected chi connectivity index (χ0v) is 16.0. The molecular weight excluding hydrogens is 411 g/mol. The largest absolute Gasteiger partial charge is 0.486 e. The van der Waals surface area contributed by atoms with E-state index in [-0.39, 0.29) is 34.6 Å². The summed E-state index contributed by atoms with van der Waals surface area (Å²) < 4.78 is 76.6. The van der Waals surface area contributed by atoms with Gasteiger partial charge < -0.3 is 4.74 Å². The quantitative estimate of drug-likeness (QED) is 0.304. The molecule has 4 rings (SSSR count). The summed E-state index contributed by atoms with van der Waals surface area (Å²) in [6.07, 6.45) is 0. The topological polar surface area (TPSA) is 9.23 Å². The van der Waals surface area contributed by atoms with Crippen molar-refractivity contribution in [1.82, 2.24) is 0 Å². The molecule has 0 bridgehead atoms. The van der Waals surface area contributed by atoms with E-state index < -0.39 is 29.1 Å². The summed E-state index contributed by atoms with van der Waals surface area (Å²) in [7, 11) is 0. The number of hydrogen-bond donors (Lipinski definition) is 0. The molecule has 0 fully saturated rings. The van der Waals surface area contributed by atoms with Crippen LogP contribution in [0.15, 0.2) is 78.9 Å². The van der Waals surface area contributed by atoms with Crippen molar-refractivity contribution in [2.75, 3.05) is 0 Å². The Morgan fingerprint density at radius 2 is 1.29 bits per heavy atom. The molecular formula is C25H15F5O. The van der Waals surface area contributed by atoms with Gasteiger partial charge in [0.15, 0.2) is 23.2 Å². The summed E-state index contributed by atoms with van der Waals surface area (Å²) in [5.41, 5.74) is 0.192. The van der Waals surface area contributed by atoms with Crippen molar-refractivity contribution < 1.29 is 26.7 Å². The normalized spacial score (nSPS) is 10.9. The Kier molecular flexibility index (Phi) is 5.71. The van der Waals surface area contributed by atoms with Gasteiger partial charge in [-0.15, -0.1) is 0 Å². The first-order valence-electron chi connectivity index (χ1n) is 9.34. The molecule has 156 valence electrons. The molecule has 0 amide bonds. The molecule has 0 radical (unpaired) electrons. The lowest BCUT2D eigenvalue weighted by Gasteiger charge is -2.12. The van der Waals surface area contributed by atoms with E-state index in [4.69, 9.17) is 4.74 Å². The van der Waals surface area contributed by atoms with Crippen LogP contribution >= 0.6 is 0 Å². The first-order valence-corrected chi connectivity index (χ1v) is 9.34. The Balaban J connectivity index is 1.63. The van der Waals surface area contributed by atoms with Gasteiger partial charge in [0.1, 0.15) is 12.4 Å². The second-order valence-corrected chi connectivity index (χ2v) is 6.81. The van der Waals surface area contributed by atoms with E-state index in [0.29, 0.717) is 0 Å². The minimum absolute atomic E-state index is 0.0454.